The van der Waals surface area contributed by atoms with Gasteiger partial charge in [0.2, 0.25) is 11.8 Å². The lowest BCUT2D eigenvalue weighted by Gasteiger charge is -2.33. The standard InChI is InChI=1S/C20H30N4O5/c1-14(2)13-29-20(27)24-9-7-23(8-10-24)12-19(26)22-17-11-16(21-15(3)25)5-6-18(17)28-4/h5-6,11,14H,7-10,12-13H2,1-4H3,(H,21,25)(H,22,26). The van der Waals surface area contributed by atoms with Crippen LogP contribution < -0.4 is 15.4 Å². The van der Waals surface area contributed by atoms with E-state index in [0.717, 1.165) is 0 Å². The minimum absolute atomic E-state index is 0.195. The van der Waals surface area contributed by atoms with Gasteiger partial charge in [-0.15, -0.1) is 0 Å². The Morgan fingerprint density at radius 1 is 1.10 bits per heavy atom. The molecule has 0 aliphatic carbocycles. The van der Waals surface area contributed by atoms with Crippen molar-refractivity contribution in [2.75, 3.05) is 57.1 Å². The molecule has 1 heterocycles. The van der Waals surface area contributed by atoms with Gasteiger partial charge < -0.3 is 25.0 Å². The van der Waals surface area contributed by atoms with E-state index in [-0.39, 0.29) is 24.5 Å². The van der Waals surface area contributed by atoms with E-state index < -0.39 is 0 Å². The summed E-state index contributed by atoms with van der Waals surface area (Å²) in [7, 11) is 1.51. The molecule has 2 N–H and O–H groups in total. The van der Waals surface area contributed by atoms with Crippen molar-refractivity contribution in [3.63, 3.8) is 0 Å². The topological polar surface area (TPSA) is 100 Å². The Morgan fingerprint density at radius 2 is 1.79 bits per heavy atom. The fourth-order valence-electron chi connectivity index (χ4n) is 2.90. The van der Waals surface area contributed by atoms with Crippen molar-refractivity contribution in [2.24, 2.45) is 5.92 Å². The molecular formula is C20H30N4O5. The molecule has 0 radical (unpaired) electrons. The van der Waals surface area contributed by atoms with Gasteiger partial charge in [0.15, 0.2) is 0 Å². The van der Waals surface area contributed by atoms with Crippen LogP contribution in [-0.2, 0) is 14.3 Å². The highest BCUT2D eigenvalue weighted by Gasteiger charge is 2.23. The van der Waals surface area contributed by atoms with Crippen LogP contribution in [-0.4, -0.2) is 74.1 Å². The molecule has 9 nitrogen and oxygen atoms in total. The number of benzene rings is 1. The number of rotatable bonds is 7. The fourth-order valence-corrected chi connectivity index (χ4v) is 2.90. The minimum atomic E-state index is -0.303. The van der Waals surface area contributed by atoms with Crippen molar-refractivity contribution in [3.05, 3.63) is 18.2 Å². The van der Waals surface area contributed by atoms with Crippen LogP contribution >= 0.6 is 0 Å². The van der Waals surface area contributed by atoms with Gasteiger partial charge >= 0.3 is 6.09 Å². The second kappa shape index (κ2) is 10.7. The summed E-state index contributed by atoms with van der Waals surface area (Å²) in [5.41, 5.74) is 1.06. The first-order valence-electron chi connectivity index (χ1n) is 9.68. The van der Waals surface area contributed by atoms with Gasteiger partial charge in [-0.25, -0.2) is 4.79 Å². The SMILES string of the molecule is COc1ccc(NC(C)=O)cc1NC(=O)CN1CCN(C(=O)OCC(C)C)CC1. The first kappa shape index (κ1) is 22.5. The van der Waals surface area contributed by atoms with Crippen LogP contribution in [0, 0.1) is 5.92 Å². The van der Waals surface area contributed by atoms with Gasteiger partial charge in [-0.2, -0.15) is 0 Å². The largest absolute Gasteiger partial charge is 0.495 e. The van der Waals surface area contributed by atoms with Crippen molar-refractivity contribution >= 4 is 29.3 Å². The van der Waals surface area contributed by atoms with Gasteiger partial charge in [0.05, 0.1) is 25.9 Å². The third-order valence-corrected chi connectivity index (χ3v) is 4.33. The number of nitrogens with one attached hydrogen (secondary N) is 2. The molecule has 2 rings (SSSR count). The monoisotopic (exact) mass is 406 g/mol. The van der Waals surface area contributed by atoms with E-state index in [4.69, 9.17) is 9.47 Å². The van der Waals surface area contributed by atoms with Crippen LogP contribution in [0.2, 0.25) is 0 Å². The van der Waals surface area contributed by atoms with Crippen molar-refractivity contribution in [1.82, 2.24) is 9.80 Å². The molecule has 3 amide bonds. The summed E-state index contributed by atoms with van der Waals surface area (Å²) in [6, 6.07) is 5.04. The Labute approximate surface area is 171 Å². The highest BCUT2D eigenvalue weighted by Crippen LogP contribution is 2.27. The number of amides is 3. The zero-order valence-corrected chi connectivity index (χ0v) is 17.5. The number of nitrogens with zero attached hydrogens (tertiary/aromatic N) is 2. The average Bonchev–Trinajstić information content (AvgIpc) is 2.66. The van der Waals surface area contributed by atoms with Crippen LogP contribution in [0.1, 0.15) is 20.8 Å². The molecule has 1 fully saturated rings. The second-order valence-corrected chi connectivity index (χ2v) is 7.38. The molecular weight excluding hydrogens is 376 g/mol. The molecule has 29 heavy (non-hydrogen) atoms. The van der Waals surface area contributed by atoms with E-state index in [1.165, 1.54) is 14.0 Å². The Bertz CT molecular complexity index is 730. The Kier molecular flexibility index (Phi) is 8.26. The number of piperazine rings is 1. The lowest BCUT2D eigenvalue weighted by molar-refractivity contribution is -0.117. The molecule has 1 saturated heterocycles. The number of methoxy groups -OCH3 is 1. The molecule has 1 aliphatic rings. The summed E-state index contributed by atoms with van der Waals surface area (Å²) in [4.78, 5) is 39.4. The molecule has 1 aromatic rings. The second-order valence-electron chi connectivity index (χ2n) is 7.38. The molecule has 1 aromatic carbocycles. The van der Waals surface area contributed by atoms with Crippen LogP contribution in [0.15, 0.2) is 18.2 Å². The fraction of sp³-hybridized carbons (Fsp3) is 0.550. The highest BCUT2D eigenvalue weighted by molar-refractivity contribution is 5.95. The molecule has 0 aromatic heterocycles. The third-order valence-electron chi connectivity index (χ3n) is 4.33. The highest BCUT2D eigenvalue weighted by atomic mass is 16.6. The zero-order chi connectivity index (χ0) is 21.4. The van der Waals surface area contributed by atoms with Crippen LogP contribution in [0.3, 0.4) is 0 Å². The lowest BCUT2D eigenvalue weighted by atomic mass is 10.2. The molecule has 0 atom stereocenters. The molecule has 9 heteroatoms. The summed E-state index contributed by atoms with van der Waals surface area (Å²) in [5.74, 6) is 0.409. The lowest BCUT2D eigenvalue weighted by Crippen LogP contribution is -2.50. The molecule has 0 bridgehead atoms. The van der Waals surface area contributed by atoms with Crippen molar-refractivity contribution < 1.29 is 23.9 Å². The van der Waals surface area contributed by atoms with Gasteiger partial charge in [0.1, 0.15) is 5.75 Å². The van der Waals surface area contributed by atoms with Crippen molar-refractivity contribution in [1.29, 1.82) is 0 Å². The maximum atomic E-state index is 12.5. The molecule has 0 spiro atoms. The van der Waals surface area contributed by atoms with E-state index in [1.807, 2.05) is 18.7 Å². The van der Waals surface area contributed by atoms with E-state index in [1.54, 1.807) is 23.1 Å². The van der Waals surface area contributed by atoms with Crippen LogP contribution in [0.4, 0.5) is 16.2 Å². The summed E-state index contributed by atoms with van der Waals surface area (Å²) in [6.07, 6.45) is -0.303. The van der Waals surface area contributed by atoms with Gasteiger partial charge in [0.25, 0.3) is 0 Å². The number of carbonyl (C=O) groups excluding carboxylic acids is 3. The van der Waals surface area contributed by atoms with Crippen molar-refractivity contribution in [3.8, 4) is 5.75 Å². The maximum Gasteiger partial charge on any atom is 0.409 e. The first-order chi connectivity index (χ1) is 13.8. The molecule has 0 saturated carbocycles. The van der Waals surface area contributed by atoms with Gasteiger partial charge in [-0.05, 0) is 24.1 Å². The third kappa shape index (κ3) is 7.26. The summed E-state index contributed by atoms with van der Waals surface area (Å²) < 4.78 is 10.5. The average molecular weight is 406 g/mol. The molecule has 0 unspecified atom stereocenters. The van der Waals surface area contributed by atoms with Crippen molar-refractivity contribution in [2.45, 2.75) is 20.8 Å². The predicted octanol–water partition coefficient (Wildman–Crippen LogP) is 2.00. The van der Waals surface area contributed by atoms with E-state index in [9.17, 15) is 14.4 Å². The number of ether oxygens (including phenoxy) is 2. The number of carbonyl (C=O) groups is 3. The van der Waals surface area contributed by atoms with E-state index >= 15 is 0 Å². The number of hydrogen-bond donors (Lipinski definition) is 2. The normalized spacial score (nSPS) is 14.4. The summed E-state index contributed by atoms with van der Waals surface area (Å²) in [5, 5.41) is 5.51. The number of anilines is 2. The van der Waals surface area contributed by atoms with E-state index in [0.29, 0.717) is 55.8 Å². The quantitative estimate of drug-likeness (QED) is 0.718. The molecule has 1 aliphatic heterocycles. The minimum Gasteiger partial charge on any atom is -0.495 e. The van der Waals surface area contributed by atoms with Crippen LogP contribution in [0.5, 0.6) is 5.75 Å². The molecule has 160 valence electrons. The smallest absolute Gasteiger partial charge is 0.409 e. The predicted molar refractivity (Wildman–Crippen MR) is 110 cm³/mol. The Balaban J connectivity index is 1.86. The Hall–Kier alpha value is -2.81. The first-order valence-corrected chi connectivity index (χ1v) is 9.68. The summed E-state index contributed by atoms with van der Waals surface area (Å²) >= 11 is 0. The Morgan fingerprint density at radius 3 is 2.38 bits per heavy atom. The van der Waals surface area contributed by atoms with Gasteiger partial charge in [-0.3, -0.25) is 14.5 Å². The summed E-state index contributed by atoms with van der Waals surface area (Å²) in [6.45, 7) is 8.22. The van der Waals surface area contributed by atoms with Crippen LogP contribution in [0.25, 0.3) is 0 Å². The van der Waals surface area contributed by atoms with E-state index in [2.05, 4.69) is 10.6 Å². The number of hydrogen-bond acceptors (Lipinski definition) is 6. The maximum absolute atomic E-state index is 12.5. The zero-order valence-electron chi connectivity index (χ0n) is 17.5. The van der Waals surface area contributed by atoms with Gasteiger partial charge in [0, 0.05) is 38.8 Å². The van der Waals surface area contributed by atoms with Gasteiger partial charge in [-0.1, -0.05) is 13.8 Å².